The quantitative estimate of drug-likeness (QED) is 0.608. The fourth-order valence-electron chi connectivity index (χ4n) is 2.59. The summed E-state index contributed by atoms with van der Waals surface area (Å²) in [5, 5.41) is 6.72. The van der Waals surface area contributed by atoms with Gasteiger partial charge in [-0.15, -0.1) is 0 Å². The van der Waals surface area contributed by atoms with Gasteiger partial charge in [0.05, 0.1) is 31.8 Å². The molecule has 0 radical (unpaired) electrons. The second-order valence-electron chi connectivity index (χ2n) is 5.99. The molecule has 3 rings (SSSR count). The van der Waals surface area contributed by atoms with Crippen LogP contribution in [0.15, 0.2) is 54.7 Å². The Kier molecular flexibility index (Phi) is 6.01. The number of nitrogens with zero attached hydrogens (tertiary/aromatic N) is 1. The Hall–Kier alpha value is -3.25. The average Bonchev–Trinajstić information content (AvgIpc) is 2.72. The van der Waals surface area contributed by atoms with Crippen LogP contribution in [0.5, 0.6) is 11.5 Å². The van der Waals surface area contributed by atoms with Crippen LogP contribution in [0.3, 0.4) is 0 Å². The van der Waals surface area contributed by atoms with Crippen LogP contribution in [0.2, 0.25) is 5.02 Å². The highest BCUT2D eigenvalue weighted by Crippen LogP contribution is 2.29. The molecule has 3 aromatic rings. The Morgan fingerprint density at radius 3 is 2.54 bits per heavy atom. The van der Waals surface area contributed by atoms with Crippen LogP contribution in [-0.2, 0) is 0 Å². The van der Waals surface area contributed by atoms with Crippen molar-refractivity contribution in [1.29, 1.82) is 0 Å². The molecule has 28 heavy (non-hydrogen) atoms. The van der Waals surface area contributed by atoms with Crippen molar-refractivity contribution in [1.82, 2.24) is 4.98 Å². The highest BCUT2D eigenvalue weighted by molar-refractivity contribution is 6.31. The van der Waals surface area contributed by atoms with Crippen molar-refractivity contribution in [3.05, 3.63) is 71.0 Å². The molecule has 0 saturated carbocycles. The summed E-state index contributed by atoms with van der Waals surface area (Å²) in [7, 11) is 3.10. The number of nitrogens with one attached hydrogen (secondary N) is 2. The molecule has 0 bridgehead atoms. The lowest BCUT2D eigenvalue weighted by molar-refractivity contribution is 0.102. The van der Waals surface area contributed by atoms with E-state index in [1.165, 1.54) is 7.11 Å². The van der Waals surface area contributed by atoms with E-state index in [-0.39, 0.29) is 11.6 Å². The molecule has 0 fully saturated rings. The van der Waals surface area contributed by atoms with Gasteiger partial charge in [0, 0.05) is 16.8 Å². The molecular formula is C21H20ClN3O3. The standard InChI is InChI=1S/C21H20ClN3O3/c1-13-16(22)5-4-6-17(13)24-14-7-9-19(23-12-14)21(26)25-18-10-8-15(27-2)11-20(18)28-3/h4-12,24H,1-3H3,(H,25,26). The van der Waals surface area contributed by atoms with Crippen molar-refractivity contribution >= 4 is 34.6 Å². The summed E-state index contributed by atoms with van der Waals surface area (Å²) in [4.78, 5) is 16.7. The molecule has 0 unspecified atom stereocenters. The molecule has 0 aliphatic carbocycles. The molecule has 7 heteroatoms. The van der Waals surface area contributed by atoms with Crippen molar-refractivity contribution in [3.8, 4) is 11.5 Å². The van der Waals surface area contributed by atoms with E-state index in [1.807, 2.05) is 25.1 Å². The fraction of sp³-hybridized carbons (Fsp3) is 0.143. The number of carbonyl (C=O) groups is 1. The van der Waals surface area contributed by atoms with E-state index in [1.54, 1.807) is 43.6 Å². The van der Waals surface area contributed by atoms with Gasteiger partial charge in [0.2, 0.25) is 0 Å². The number of amides is 1. The molecule has 2 aromatic carbocycles. The van der Waals surface area contributed by atoms with Gasteiger partial charge in [-0.3, -0.25) is 4.79 Å². The minimum absolute atomic E-state index is 0.284. The number of carbonyl (C=O) groups excluding carboxylic acids is 1. The average molecular weight is 398 g/mol. The van der Waals surface area contributed by atoms with Crippen LogP contribution in [0.25, 0.3) is 0 Å². The van der Waals surface area contributed by atoms with Crippen LogP contribution in [0.1, 0.15) is 16.1 Å². The zero-order chi connectivity index (χ0) is 20.1. The van der Waals surface area contributed by atoms with E-state index in [0.717, 1.165) is 16.9 Å². The summed E-state index contributed by atoms with van der Waals surface area (Å²) in [6.07, 6.45) is 1.60. The van der Waals surface area contributed by atoms with E-state index in [9.17, 15) is 4.79 Å². The number of hydrogen-bond donors (Lipinski definition) is 2. The maximum atomic E-state index is 12.5. The molecular weight excluding hydrogens is 378 g/mol. The van der Waals surface area contributed by atoms with Crippen LogP contribution < -0.4 is 20.1 Å². The number of hydrogen-bond acceptors (Lipinski definition) is 5. The largest absolute Gasteiger partial charge is 0.497 e. The molecule has 144 valence electrons. The summed E-state index contributed by atoms with van der Waals surface area (Å²) in [5.74, 6) is 0.802. The minimum atomic E-state index is -0.339. The van der Waals surface area contributed by atoms with Gasteiger partial charge in [-0.25, -0.2) is 4.98 Å². The third kappa shape index (κ3) is 4.35. The predicted octanol–water partition coefficient (Wildman–Crippen LogP) is 5.06. The Morgan fingerprint density at radius 1 is 1.04 bits per heavy atom. The van der Waals surface area contributed by atoms with Crippen LogP contribution >= 0.6 is 11.6 Å². The summed E-state index contributed by atoms with van der Waals surface area (Å²) in [6.45, 7) is 1.93. The monoisotopic (exact) mass is 397 g/mol. The molecule has 1 heterocycles. The lowest BCUT2D eigenvalue weighted by Crippen LogP contribution is -2.14. The first-order valence-corrected chi connectivity index (χ1v) is 8.91. The summed E-state index contributed by atoms with van der Waals surface area (Å²) in [6, 6.07) is 14.2. The van der Waals surface area contributed by atoms with Crippen LogP contribution in [0, 0.1) is 6.92 Å². The number of halogens is 1. The maximum absolute atomic E-state index is 12.5. The number of benzene rings is 2. The van der Waals surface area contributed by atoms with Crippen molar-refractivity contribution in [2.75, 3.05) is 24.9 Å². The van der Waals surface area contributed by atoms with Gasteiger partial charge >= 0.3 is 0 Å². The third-order valence-corrected chi connectivity index (χ3v) is 4.61. The molecule has 0 aliphatic rings. The number of aromatic nitrogens is 1. The van der Waals surface area contributed by atoms with Gasteiger partial charge in [-0.2, -0.15) is 0 Å². The Labute approximate surface area is 168 Å². The molecule has 6 nitrogen and oxygen atoms in total. The van der Waals surface area contributed by atoms with Crippen molar-refractivity contribution in [3.63, 3.8) is 0 Å². The van der Waals surface area contributed by atoms with E-state index < -0.39 is 0 Å². The number of pyridine rings is 1. The fourth-order valence-corrected chi connectivity index (χ4v) is 2.76. The first-order chi connectivity index (χ1) is 13.5. The molecule has 0 atom stereocenters. The van der Waals surface area contributed by atoms with Crippen molar-refractivity contribution < 1.29 is 14.3 Å². The topological polar surface area (TPSA) is 72.5 Å². The van der Waals surface area contributed by atoms with Gasteiger partial charge in [-0.1, -0.05) is 17.7 Å². The zero-order valence-corrected chi connectivity index (χ0v) is 16.5. The maximum Gasteiger partial charge on any atom is 0.274 e. The van der Waals surface area contributed by atoms with E-state index in [0.29, 0.717) is 22.2 Å². The third-order valence-electron chi connectivity index (χ3n) is 4.20. The van der Waals surface area contributed by atoms with Crippen LogP contribution in [0.4, 0.5) is 17.1 Å². The molecule has 1 aromatic heterocycles. The minimum Gasteiger partial charge on any atom is -0.497 e. The van der Waals surface area contributed by atoms with Gasteiger partial charge in [-0.05, 0) is 48.9 Å². The predicted molar refractivity (Wildman–Crippen MR) is 111 cm³/mol. The van der Waals surface area contributed by atoms with Gasteiger partial charge in [0.25, 0.3) is 5.91 Å². The lowest BCUT2D eigenvalue weighted by atomic mass is 10.2. The smallest absolute Gasteiger partial charge is 0.274 e. The number of anilines is 3. The molecule has 0 saturated heterocycles. The lowest BCUT2D eigenvalue weighted by Gasteiger charge is -2.12. The first kappa shape index (κ1) is 19.5. The summed E-state index contributed by atoms with van der Waals surface area (Å²) in [5.41, 5.74) is 3.40. The second-order valence-corrected chi connectivity index (χ2v) is 6.40. The number of methoxy groups -OCH3 is 2. The first-order valence-electron chi connectivity index (χ1n) is 8.53. The molecule has 1 amide bonds. The van der Waals surface area contributed by atoms with Crippen molar-refractivity contribution in [2.24, 2.45) is 0 Å². The Bertz CT molecular complexity index is 991. The van der Waals surface area contributed by atoms with Gasteiger partial charge in [0.1, 0.15) is 17.2 Å². The zero-order valence-electron chi connectivity index (χ0n) is 15.7. The van der Waals surface area contributed by atoms with Crippen LogP contribution in [-0.4, -0.2) is 25.1 Å². The van der Waals surface area contributed by atoms with Crippen molar-refractivity contribution in [2.45, 2.75) is 6.92 Å². The second kappa shape index (κ2) is 8.63. The highest BCUT2D eigenvalue weighted by atomic mass is 35.5. The summed E-state index contributed by atoms with van der Waals surface area (Å²) >= 11 is 6.14. The molecule has 0 spiro atoms. The summed E-state index contributed by atoms with van der Waals surface area (Å²) < 4.78 is 10.5. The van der Waals surface area contributed by atoms with E-state index in [2.05, 4.69) is 15.6 Å². The van der Waals surface area contributed by atoms with E-state index in [4.69, 9.17) is 21.1 Å². The van der Waals surface area contributed by atoms with Gasteiger partial charge in [0.15, 0.2) is 0 Å². The SMILES string of the molecule is COc1ccc(NC(=O)c2ccc(Nc3cccc(Cl)c3C)cn2)c(OC)c1. The Morgan fingerprint density at radius 2 is 1.86 bits per heavy atom. The highest BCUT2D eigenvalue weighted by Gasteiger charge is 2.12. The molecule has 0 aliphatic heterocycles. The van der Waals surface area contributed by atoms with Gasteiger partial charge < -0.3 is 20.1 Å². The van der Waals surface area contributed by atoms with E-state index >= 15 is 0 Å². The molecule has 2 N–H and O–H groups in total. The Balaban J connectivity index is 1.73. The number of ether oxygens (including phenoxy) is 2. The number of rotatable bonds is 6. The normalized spacial score (nSPS) is 10.3.